The monoisotopic (exact) mass is 285 g/mol. The van der Waals surface area contributed by atoms with Gasteiger partial charge in [-0.3, -0.25) is 0 Å². The number of ether oxygens (including phenoxy) is 2. The molecule has 0 heterocycles. The van der Waals surface area contributed by atoms with Gasteiger partial charge in [-0.15, -0.1) is 0 Å². The summed E-state index contributed by atoms with van der Waals surface area (Å²) in [5.41, 5.74) is 0.814. The van der Waals surface area contributed by atoms with Crippen LogP contribution in [0.15, 0.2) is 48.5 Å². The lowest BCUT2D eigenvalue weighted by atomic mass is 10.1. The number of para-hydroxylation sites is 1. The molecule has 0 N–H and O–H groups in total. The van der Waals surface area contributed by atoms with Gasteiger partial charge in [-0.05, 0) is 36.4 Å². The number of nitrogens with zero attached hydrogens (tertiary/aromatic N) is 1. The molecule has 5 heteroatoms. The third kappa shape index (κ3) is 4.05. The number of hydrogen-bond donors (Lipinski definition) is 0. The first-order chi connectivity index (χ1) is 10.2. The maximum Gasteiger partial charge on any atom is 0.338 e. The number of carbonyl (C=O) groups excluding carboxylic acids is 1. The van der Waals surface area contributed by atoms with Crippen molar-refractivity contribution < 1.29 is 18.7 Å². The van der Waals surface area contributed by atoms with Gasteiger partial charge in [-0.25, -0.2) is 9.18 Å². The van der Waals surface area contributed by atoms with Gasteiger partial charge in [0.25, 0.3) is 0 Å². The van der Waals surface area contributed by atoms with Gasteiger partial charge in [-0.2, -0.15) is 5.26 Å². The highest BCUT2D eigenvalue weighted by atomic mass is 19.1. The molecule has 0 aromatic heterocycles. The van der Waals surface area contributed by atoms with Crippen LogP contribution in [0.4, 0.5) is 4.39 Å². The van der Waals surface area contributed by atoms with Gasteiger partial charge in [0, 0.05) is 0 Å². The summed E-state index contributed by atoms with van der Waals surface area (Å²) < 4.78 is 23.4. The number of halogens is 1. The number of hydrogen-bond acceptors (Lipinski definition) is 4. The van der Waals surface area contributed by atoms with Gasteiger partial charge in [0.1, 0.15) is 13.2 Å². The maximum atomic E-state index is 13.3. The van der Waals surface area contributed by atoms with Crippen molar-refractivity contribution in [1.29, 1.82) is 5.26 Å². The van der Waals surface area contributed by atoms with Crippen molar-refractivity contribution in [3.63, 3.8) is 0 Å². The van der Waals surface area contributed by atoms with E-state index in [1.165, 1.54) is 36.4 Å². The van der Waals surface area contributed by atoms with Crippen LogP contribution < -0.4 is 4.74 Å². The topological polar surface area (TPSA) is 59.3 Å². The van der Waals surface area contributed by atoms with Crippen LogP contribution in [0.5, 0.6) is 5.75 Å². The molecule has 106 valence electrons. The molecule has 0 atom stereocenters. The first kappa shape index (κ1) is 14.5. The van der Waals surface area contributed by atoms with Crippen LogP contribution in [0.1, 0.15) is 15.9 Å². The molecule has 0 aliphatic carbocycles. The largest absolute Gasteiger partial charge is 0.487 e. The normalized spacial score (nSPS) is 9.71. The van der Waals surface area contributed by atoms with Crippen molar-refractivity contribution in [3.05, 3.63) is 65.5 Å². The zero-order valence-corrected chi connectivity index (χ0v) is 11.1. The Balaban J connectivity index is 1.79. The quantitative estimate of drug-likeness (QED) is 0.626. The average molecular weight is 285 g/mol. The fourth-order valence-electron chi connectivity index (χ4n) is 1.61. The minimum Gasteiger partial charge on any atom is -0.487 e. The molecular formula is C16H12FNO3. The van der Waals surface area contributed by atoms with Gasteiger partial charge in [0.2, 0.25) is 0 Å². The highest BCUT2D eigenvalue weighted by Gasteiger charge is 2.07. The molecule has 0 radical (unpaired) electrons. The molecule has 0 amide bonds. The molecule has 21 heavy (non-hydrogen) atoms. The average Bonchev–Trinajstić information content (AvgIpc) is 2.53. The van der Waals surface area contributed by atoms with E-state index in [1.54, 1.807) is 12.1 Å². The fraction of sp³-hybridized carbons (Fsp3) is 0.125. The summed E-state index contributed by atoms with van der Waals surface area (Å²) >= 11 is 0. The Hall–Kier alpha value is -2.87. The van der Waals surface area contributed by atoms with E-state index in [9.17, 15) is 9.18 Å². The Bertz CT molecular complexity index is 662. The van der Waals surface area contributed by atoms with Crippen molar-refractivity contribution in [2.75, 3.05) is 13.2 Å². The predicted octanol–water partition coefficient (Wildman–Crippen LogP) is 2.93. The Kier molecular flexibility index (Phi) is 4.89. The van der Waals surface area contributed by atoms with Gasteiger partial charge in [0.15, 0.2) is 11.6 Å². The SMILES string of the molecule is N#Cc1ccc(C(=O)OCCOc2ccccc2F)cc1. The molecule has 0 spiro atoms. The van der Waals surface area contributed by atoms with Crippen molar-refractivity contribution in [2.24, 2.45) is 0 Å². The van der Waals surface area contributed by atoms with E-state index in [0.29, 0.717) is 11.1 Å². The Morgan fingerprint density at radius 3 is 2.48 bits per heavy atom. The summed E-state index contributed by atoms with van der Waals surface area (Å²) in [6.07, 6.45) is 0. The van der Waals surface area contributed by atoms with E-state index < -0.39 is 11.8 Å². The third-order valence-electron chi connectivity index (χ3n) is 2.66. The molecule has 0 unspecified atom stereocenters. The zero-order chi connectivity index (χ0) is 15.1. The van der Waals surface area contributed by atoms with Crippen molar-refractivity contribution in [2.45, 2.75) is 0 Å². The number of carbonyl (C=O) groups is 1. The lowest BCUT2D eigenvalue weighted by molar-refractivity contribution is 0.0448. The summed E-state index contributed by atoms with van der Waals surface area (Å²) in [5.74, 6) is -0.862. The zero-order valence-electron chi connectivity index (χ0n) is 11.1. The van der Waals surface area contributed by atoms with Gasteiger partial charge in [0.05, 0.1) is 17.2 Å². The molecule has 2 aromatic rings. The molecule has 0 bridgehead atoms. The number of rotatable bonds is 5. The smallest absolute Gasteiger partial charge is 0.338 e. The van der Waals surface area contributed by atoms with E-state index in [2.05, 4.69) is 0 Å². The van der Waals surface area contributed by atoms with Gasteiger partial charge < -0.3 is 9.47 Å². The number of esters is 1. The van der Waals surface area contributed by atoms with Gasteiger partial charge >= 0.3 is 5.97 Å². The lowest BCUT2D eigenvalue weighted by Crippen LogP contribution is -2.12. The Labute approximate surface area is 121 Å². The van der Waals surface area contributed by atoms with Crippen LogP contribution in [0.3, 0.4) is 0 Å². The number of benzene rings is 2. The second-order valence-electron chi connectivity index (χ2n) is 4.10. The van der Waals surface area contributed by atoms with Crippen LogP contribution in [0.25, 0.3) is 0 Å². The molecule has 0 aliphatic rings. The summed E-state index contributed by atoms with van der Waals surface area (Å²) in [4.78, 5) is 11.7. The maximum absolute atomic E-state index is 13.3. The molecule has 0 aliphatic heterocycles. The second kappa shape index (κ2) is 7.06. The van der Waals surface area contributed by atoms with Crippen molar-refractivity contribution in [3.8, 4) is 11.8 Å². The summed E-state index contributed by atoms with van der Waals surface area (Å²) in [5, 5.41) is 8.66. The van der Waals surface area contributed by atoms with Gasteiger partial charge in [-0.1, -0.05) is 12.1 Å². The second-order valence-corrected chi connectivity index (χ2v) is 4.10. The van der Waals surface area contributed by atoms with Crippen LogP contribution in [-0.2, 0) is 4.74 Å². The minimum atomic E-state index is -0.517. The Morgan fingerprint density at radius 1 is 1.10 bits per heavy atom. The molecule has 0 saturated carbocycles. The third-order valence-corrected chi connectivity index (χ3v) is 2.66. The molecule has 4 nitrogen and oxygen atoms in total. The Morgan fingerprint density at radius 2 is 1.81 bits per heavy atom. The van der Waals surface area contributed by atoms with Crippen LogP contribution >= 0.6 is 0 Å². The van der Waals surface area contributed by atoms with E-state index >= 15 is 0 Å². The number of nitriles is 1. The highest BCUT2D eigenvalue weighted by Crippen LogP contribution is 2.15. The highest BCUT2D eigenvalue weighted by molar-refractivity contribution is 5.89. The van der Waals surface area contributed by atoms with E-state index in [0.717, 1.165) is 0 Å². The van der Waals surface area contributed by atoms with Crippen LogP contribution in [-0.4, -0.2) is 19.2 Å². The van der Waals surface area contributed by atoms with E-state index in [4.69, 9.17) is 14.7 Å². The summed E-state index contributed by atoms with van der Waals surface area (Å²) in [7, 11) is 0. The fourth-order valence-corrected chi connectivity index (χ4v) is 1.61. The minimum absolute atomic E-state index is 0.00711. The predicted molar refractivity (Wildman–Crippen MR) is 73.3 cm³/mol. The van der Waals surface area contributed by atoms with Crippen molar-refractivity contribution >= 4 is 5.97 Å². The summed E-state index contributed by atoms with van der Waals surface area (Å²) in [6, 6.07) is 14.1. The van der Waals surface area contributed by atoms with E-state index in [1.807, 2.05) is 6.07 Å². The van der Waals surface area contributed by atoms with Crippen LogP contribution in [0.2, 0.25) is 0 Å². The van der Waals surface area contributed by atoms with Crippen LogP contribution in [0, 0.1) is 17.1 Å². The first-order valence-corrected chi connectivity index (χ1v) is 6.25. The molecule has 0 fully saturated rings. The van der Waals surface area contributed by atoms with Crippen molar-refractivity contribution in [1.82, 2.24) is 0 Å². The summed E-state index contributed by atoms with van der Waals surface area (Å²) in [6.45, 7) is 0.0656. The molecule has 0 saturated heterocycles. The van der Waals surface area contributed by atoms with E-state index in [-0.39, 0.29) is 19.0 Å². The molecule has 2 rings (SSSR count). The standard InChI is InChI=1S/C16H12FNO3/c17-14-3-1-2-4-15(14)20-9-10-21-16(19)13-7-5-12(11-18)6-8-13/h1-8H,9-10H2. The molecule has 2 aromatic carbocycles. The lowest BCUT2D eigenvalue weighted by Gasteiger charge is -2.08. The molecular weight excluding hydrogens is 273 g/mol. The first-order valence-electron chi connectivity index (χ1n) is 6.25.